The maximum Gasteiger partial charge on any atom is 0.246 e. The maximum absolute atomic E-state index is 12.8. The first-order chi connectivity index (χ1) is 24.0. The lowest BCUT2D eigenvalue weighted by atomic mass is 9.68. The molecule has 6 nitrogen and oxygen atoms in total. The van der Waals surface area contributed by atoms with Crippen molar-refractivity contribution in [2.75, 3.05) is 39.3 Å². The normalized spacial score (nSPS) is 33.8. The van der Waals surface area contributed by atoms with Crippen LogP contribution in [0.5, 0.6) is 0 Å². The molecule has 4 aliphatic heterocycles. The highest BCUT2D eigenvalue weighted by atomic mass is 16.2. The van der Waals surface area contributed by atoms with Gasteiger partial charge in [-0.1, -0.05) is 90.5 Å². The number of carbonyl (C=O) groups excluding carboxylic acids is 2. The average molecular weight is 683 g/mol. The predicted octanol–water partition coefficient (Wildman–Crippen LogP) is 5.17. The molecule has 6 unspecified atom stereocenters. The van der Waals surface area contributed by atoms with Crippen LogP contribution >= 0.6 is 0 Å². The standard InChI is InChI=1S/C44H64N4O2/c1-32(12-7-15-35(4)42(49)45-30-37-20-26-47-24-10-17-40(37)47)14-9-22-44(6)23-19-34(3)29-39(44)28-33(2)13-8-16-36(5)43(50)46-31-38-21-27-48-25-11-18-41(38)48/h7-9,12-16,22,28-29,37-41H,10-11,17-21,23-27,30-31H2,1-6H3,(H,45,49)(H,46,50)/p+2/b12-7-,13-8+,22-9+,32-14+,33-28+,35-15+,36-16+/t37?,38?,39-,40?,41?,44-/m0/s1. The molecule has 5 aliphatic rings. The number of rotatable bonds is 13. The van der Waals surface area contributed by atoms with E-state index in [1.165, 1.54) is 75.9 Å². The van der Waals surface area contributed by atoms with Crippen LogP contribution in [-0.2, 0) is 9.59 Å². The minimum Gasteiger partial charge on any atom is -0.352 e. The van der Waals surface area contributed by atoms with E-state index in [2.05, 4.69) is 80.9 Å². The lowest BCUT2D eigenvalue weighted by molar-refractivity contribution is -0.900. The van der Waals surface area contributed by atoms with Crippen molar-refractivity contribution < 1.29 is 19.4 Å². The van der Waals surface area contributed by atoms with Crippen LogP contribution < -0.4 is 20.4 Å². The summed E-state index contributed by atoms with van der Waals surface area (Å²) >= 11 is 0. The van der Waals surface area contributed by atoms with E-state index in [4.69, 9.17) is 0 Å². The summed E-state index contributed by atoms with van der Waals surface area (Å²) < 4.78 is 0. The average Bonchev–Trinajstić information content (AvgIpc) is 3.89. The Kier molecular flexibility index (Phi) is 13.5. The number of nitrogens with one attached hydrogen (secondary N) is 4. The molecule has 2 amide bonds. The van der Waals surface area contributed by atoms with Gasteiger partial charge in [0.15, 0.2) is 0 Å². The fraction of sp³-hybridized carbons (Fsp3) is 0.591. The molecule has 0 bridgehead atoms. The van der Waals surface area contributed by atoms with E-state index >= 15 is 0 Å². The van der Waals surface area contributed by atoms with Crippen molar-refractivity contribution in [3.8, 4) is 0 Å². The smallest absolute Gasteiger partial charge is 0.246 e. The van der Waals surface area contributed by atoms with Crippen molar-refractivity contribution >= 4 is 11.8 Å². The second kappa shape index (κ2) is 17.8. The van der Waals surface area contributed by atoms with E-state index in [0.717, 1.165) is 54.7 Å². The Labute approximate surface area is 303 Å². The molecule has 8 atom stereocenters. The number of hydrogen-bond donors (Lipinski definition) is 4. The summed E-state index contributed by atoms with van der Waals surface area (Å²) in [5, 5.41) is 6.41. The van der Waals surface area contributed by atoms with Gasteiger partial charge in [-0.25, -0.2) is 0 Å². The molecule has 6 heteroatoms. The Balaban J connectivity index is 1.10. The van der Waals surface area contributed by atoms with E-state index in [-0.39, 0.29) is 17.2 Å². The van der Waals surface area contributed by atoms with Crippen molar-refractivity contribution in [1.82, 2.24) is 10.6 Å². The van der Waals surface area contributed by atoms with Gasteiger partial charge in [-0.2, -0.15) is 0 Å². The van der Waals surface area contributed by atoms with Crippen molar-refractivity contribution in [3.63, 3.8) is 0 Å². The van der Waals surface area contributed by atoms with Gasteiger partial charge in [0, 0.05) is 80.5 Å². The van der Waals surface area contributed by atoms with Crippen LogP contribution in [0.25, 0.3) is 0 Å². The number of carbonyl (C=O) groups is 2. The molecule has 4 fully saturated rings. The topological polar surface area (TPSA) is 67.1 Å². The molecular weight excluding hydrogens is 617 g/mol. The van der Waals surface area contributed by atoms with E-state index in [9.17, 15) is 9.59 Å². The van der Waals surface area contributed by atoms with Crippen LogP contribution in [0.2, 0.25) is 0 Å². The molecule has 0 aromatic heterocycles. The predicted molar refractivity (Wildman–Crippen MR) is 207 cm³/mol. The van der Waals surface area contributed by atoms with Crippen molar-refractivity contribution in [2.45, 2.75) is 105 Å². The molecule has 4 heterocycles. The minimum atomic E-state index is 0.0164. The molecule has 0 spiro atoms. The minimum absolute atomic E-state index is 0.0164. The summed E-state index contributed by atoms with van der Waals surface area (Å²) in [6, 6.07) is 1.51. The first-order valence-electron chi connectivity index (χ1n) is 19.7. The number of fused-ring (bicyclic) bond motifs is 2. The van der Waals surface area contributed by atoms with Gasteiger partial charge in [0.2, 0.25) is 11.8 Å². The zero-order valence-corrected chi connectivity index (χ0v) is 32.0. The van der Waals surface area contributed by atoms with Gasteiger partial charge in [-0.3, -0.25) is 9.59 Å². The fourth-order valence-electron chi connectivity index (χ4n) is 9.30. The van der Waals surface area contributed by atoms with Crippen molar-refractivity contribution in [3.05, 3.63) is 94.7 Å². The summed E-state index contributed by atoms with van der Waals surface area (Å²) in [6.07, 6.45) is 33.6. The fourth-order valence-corrected chi connectivity index (χ4v) is 9.30. The summed E-state index contributed by atoms with van der Waals surface area (Å²) in [7, 11) is 0. The van der Waals surface area contributed by atoms with Gasteiger partial charge in [-0.15, -0.1) is 0 Å². The van der Waals surface area contributed by atoms with Crippen LogP contribution in [0.3, 0.4) is 0 Å². The number of quaternary nitrogens is 2. The second-order valence-electron chi connectivity index (χ2n) is 16.5. The van der Waals surface area contributed by atoms with Crippen LogP contribution in [0, 0.1) is 23.2 Å². The van der Waals surface area contributed by atoms with Crippen molar-refractivity contribution in [2.24, 2.45) is 23.2 Å². The molecule has 4 saturated heterocycles. The van der Waals surface area contributed by atoms with Crippen molar-refractivity contribution in [1.29, 1.82) is 0 Å². The SMILES string of the molecule is CC1=C[C@H](/C=C(C)/C=C/C=C(\C)C(=O)NCC2CC[NH+]3CCCC23)[C@@](C)(/C=C/C=C(C)/C=C\C=C(/C)C(=O)NCC2CC[NH+]3CCCC23)CC1. The summed E-state index contributed by atoms with van der Waals surface area (Å²) in [6.45, 7) is 19.4. The Hall–Kier alpha value is -3.22. The number of amides is 2. The van der Waals surface area contributed by atoms with E-state index in [1.54, 1.807) is 9.80 Å². The number of hydrogen-bond acceptors (Lipinski definition) is 2. The second-order valence-corrected chi connectivity index (χ2v) is 16.5. The molecule has 1 aliphatic carbocycles. The van der Waals surface area contributed by atoms with Gasteiger partial charge in [-0.05, 0) is 52.9 Å². The zero-order valence-electron chi connectivity index (χ0n) is 32.0. The molecule has 50 heavy (non-hydrogen) atoms. The summed E-state index contributed by atoms with van der Waals surface area (Å²) in [4.78, 5) is 29.0. The van der Waals surface area contributed by atoms with Crippen LogP contribution in [0.4, 0.5) is 0 Å². The molecule has 5 rings (SSSR count). The highest BCUT2D eigenvalue weighted by Crippen LogP contribution is 2.42. The summed E-state index contributed by atoms with van der Waals surface area (Å²) in [5.74, 6) is 1.66. The molecule has 4 N–H and O–H groups in total. The van der Waals surface area contributed by atoms with E-state index < -0.39 is 0 Å². The highest BCUT2D eigenvalue weighted by molar-refractivity contribution is 5.93. The lowest BCUT2D eigenvalue weighted by Gasteiger charge is -2.36. The zero-order chi connectivity index (χ0) is 35.7. The summed E-state index contributed by atoms with van der Waals surface area (Å²) in [5.41, 5.74) is 5.32. The molecule has 0 aromatic carbocycles. The first kappa shape index (κ1) is 38.0. The largest absolute Gasteiger partial charge is 0.352 e. The first-order valence-corrected chi connectivity index (χ1v) is 19.7. The number of allylic oxidation sites excluding steroid dienone is 14. The third-order valence-corrected chi connectivity index (χ3v) is 12.6. The van der Waals surface area contributed by atoms with Gasteiger partial charge in [0.05, 0.1) is 38.3 Å². The lowest BCUT2D eigenvalue weighted by Crippen LogP contribution is -3.11. The van der Waals surface area contributed by atoms with Crippen LogP contribution in [0.1, 0.15) is 92.9 Å². The highest BCUT2D eigenvalue weighted by Gasteiger charge is 2.42. The van der Waals surface area contributed by atoms with Gasteiger partial charge in [0.1, 0.15) is 0 Å². The van der Waals surface area contributed by atoms with Crippen LogP contribution in [0.15, 0.2) is 94.7 Å². The van der Waals surface area contributed by atoms with E-state index in [1.807, 2.05) is 38.2 Å². The third-order valence-electron chi connectivity index (χ3n) is 12.6. The molecule has 0 aromatic rings. The quantitative estimate of drug-likeness (QED) is 0.123. The molecular formula is C44H66N4O2+2. The van der Waals surface area contributed by atoms with Gasteiger partial charge in [0.25, 0.3) is 0 Å². The van der Waals surface area contributed by atoms with E-state index in [0.29, 0.717) is 17.8 Å². The Bertz CT molecular complexity index is 1470. The molecule has 0 radical (unpaired) electrons. The monoisotopic (exact) mass is 683 g/mol. The molecule has 0 saturated carbocycles. The van der Waals surface area contributed by atoms with Gasteiger partial charge < -0.3 is 20.4 Å². The maximum atomic E-state index is 12.8. The Morgan fingerprint density at radius 1 is 0.760 bits per heavy atom. The Morgan fingerprint density at radius 2 is 1.30 bits per heavy atom. The van der Waals surface area contributed by atoms with Crippen LogP contribution in [-0.4, -0.2) is 63.2 Å². The molecule has 272 valence electrons. The van der Waals surface area contributed by atoms with Gasteiger partial charge >= 0.3 is 0 Å². The Morgan fingerprint density at radius 3 is 1.86 bits per heavy atom. The third kappa shape index (κ3) is 10.2.